The number of halogens is 1. The molecule has 2 bridgehead atoms. The number of hydrogen-bond donors (Lipinski definition) is 0. The Labute approximate surface area is 203 Å². The van der Waals surface area contributed by atoms with Gasteiger partial charge in [0, 0.05) is 12.5 Å². The highest BCUT2D eigenvalue weighted by atomic mass is 32.2. The van der Waals surface area contributed by atoms with Crippen LogP contribution in [0, 0.1) is 29.5 Å². The van der Waals surface area contributed by atoms with Gasteiger partial charge in [0.15, 0.2) is 28.4 Å². The largest absolute Gasteiger partial charge is 0.483 e. The molecule has 0 amide bonds. The minimum atomic E-state index is -0.376. The summed E-state index contributed by atoms with van der Waals surface area (Å²) < 4.78 is 27.5. The van der Waals surface area contributed by atoms with Gasteiger partial charge in [0.05, 0.1) is 5.75 Å². The zero-order valence-corrected chi connectivity index (χ0v) is 20.8. The van der Waals surface area contributed by atoms with Crippen LogP contribution < -0.4 is 4.74 Å². The second-order valence-electron chi connectivity index (χ2n) is 10.1. The number of hydrogen-bond acceptors (Lipinski definition) is 7. The third-order valence-electron chi connectivity index (χ3n) is 7.17. The van der Waals surface area contributed by atoms with Crippen LogP contribution >= 0.6 is 11.8 Å². The first-order chi connectivity index (χ1) is 16.5. The first kappa shape index (κ1) is 23.3. The Bertz CT molecular complexity index is 1120. The zero-order chi connectivity index (χ0) is 23.7. The number of fused-ring (bicyclic) bond motifs is 2. The third kappa shape index (κ3) is 4.99. The van der Waals surface area contributed by atoms with Gasteiger partial charge in [0.1, 0.15) is 6.61 Å². The predicted octanol–water partition coefficient (Wildman–Crippen LogP) is 5.87. The summed E-state index contributed by atoms with van der Waals surface area (Å²) in [4.78, 5) is 4.52. The molecule has 9 heteroatoms. The van der Waals surface area contributed by atoms with Gasteiger partial charge >= 0.3 is 0 Å². The van der Waals surface area contributed by atoms with E-state index >= 15 is 0 Å². The number of aromatic nitrogens is 5. The number of nitrogens with zero attached hydrogens (tertiary/aromatic N) is 5. The molecule has 2 aromatic heterocycles. The smallest absolute Gasteiger partial charge is 0.226 e. The van der Waals surface area contributed by atoms with E-state index in [1.165, 1.54) is 31.7 Å². The maximum absolute atomic E-state index is 14.1. The highest BCUT2D eigenvalue weighted by Crippen LogP contribution is 2.52. The molecule has 0 radical (unpaired) electrons. The van der Waals surface area contributed by atoms with Crippen LogP contribution in [0.2, 0.25) is 0 Å². The van der Waals surface area contributed by atoms with Gasteiger partial charge < -0.3 is 9.26 Å². The van der Waals surface area contributed by atoms with Crippen molar-refractivity contribution in [3.63, 3.8) is 0 Å². The maximum Gasteiger partial charge on any atom is 0.226 e. The topological polar surface area (TPSA) is 78.9 Å². The van der Waals surface area contributed by atoms with E-state index in [1.54, 1.807) is 30.0 Å². The SMILES string of the molecule is CC(C)Cc1nc(CSc2nnc(COc3ccccc3F)n2[C@H](C)[C@H]2C[C@H]3CC[C@H]2C3)no1. The third-order valence-corrected chi connectivity index (χ3v) is 8.11. The molecule has 3 aromatic rings. The Morgan fingerprint density at radius 2 is 2.03 bits per heavy atom. The summed E-state index contributed by atoms with van der Waals surface area (Å²) in [5, 5.41) is 13.9. The van der Waals surface area contributed by atoms with Crippen molar-refractivity contribution in [2.24, 2.45) is 23.7 Å². The molecular weight excluding hydrogens is 453 g/mol. The van der Waals surface area contributed by atoms with Crippen LogP contribution in [0.3, 0.4) is 0 Å². The molecule has 2 saturated carbocycles. The molecule has 0 spiro atoms. The van der Waals surface area contributed by atoms with Crippen LogP contribution in [-0.2, 0) is 18.8 Å². The summed E-state index contributed by atoms with van der Waals surface area (Å²) in [6.07, 6.45) is 6.03. The Morgan fingerprint density at radius 1 is 1.18 bits per heavy atom. The first-order valence-corrected chi connectivity index (χ1v) is 13.2. The number of benzene rings is 1. The minimum Gasteiger partial charge on any atom is -0.483 e. The van der Waals surface area contributed by atoms with Crippen LogP contribution in [0.4, 0.5) is 4.39 Å². The molecule has 7 nitrogen and oxygen atoms in total. The van der Waals surface area contributed by atoms with Gasteiger partial charge in [-0.2, -0.15) is 4.98 Å². The van der Waals surface area contributed by atoms with Gasteiger partial charge in [0.25, 0.3) is 0 Å². The van der Waals surface area contributed by atoms with E-state index in [9.17, 15) is 4.39 Å². The van der Waals surface area contributed by atoms with Crippen LogP contribution in [0.15, 0.2) is 33.9 Å². The van der Waals surface area contributed by atoms with Gasteiger partial charge in [-0.1, -0.05) is 49.3 Å². The van der Waals surface area contributed by atoms with Crippen LogP contribution in [0.5, 0.6) is 5.75 Å². The maximum atomic E-state index is 14.1. The molecule has 182 valence electrons. The lowest BCUT2D eigenvalue weighted by atomic mass is 9.84. The molecule has 2 aliphatic carbocycles. The van der Waals surface area contributed by atoms with Gasteiger partial charge in [-0.3, -0.25) is 4.57 Å². The standard InChI is InChI=1S/C25H32FN5O2S/c1-15(2)10-24-27-22(30-33-24)14-34-25-29-28-23(13-32-21-7-5-4-6-20(21)26)31(25)16(3)19-12-17-8-9-18(19)11-17/h4-7,15-19H,8-14H2,1-3H3/t16-,17+,18+,19-/m1/s1. The Kier molecular flexibility index (Phi) is 6.90. The molecule has 4 atom stereocenters. The van der Waals surface area contributed by atoms with Gasteiger partial charge in [-0.15, -0.1) is 10.2 Å². The van der Waals surface area contributed by atoms with Crippen LogP contribution in [0.1, 0.15) is 70.0 Å². The van der Waals surface area contributed by atoms with E-state index in [0.717, 1.165) is 29.2 Å². The quantitative estimate of drug-likeness (QED) is 0.332. The van der Waals surface area contributed by atoms with Crippen molar-refractivity contribution in [1.29, 1.82) is 0 Å². The van der Waals surface area contributed by atoms with E-state index in [0.29, 0.717) is 29.3 Å². The molecule has 2 fully saturated rings. The molecule has 0 aliphatic heterocycles. The van der Waals surface area contributed by atoms with Crippen molar-refractivity contribution in [1.82, 2.24) is 24.9 Å². The van der Waals surface area contributed by atoms with Crippen LogP contribution in [-0.4, -0.2) is 24.9 Å². The number of ether oxygens (including phenoxy) is 1. The van der Waals surface area contributed by atoms with E-state index in [1.807, 2.05) is 0 Å². The minimum absolute atomic E-state index is 0.167. The average molecular weight is 486 g/mol. The molecular formula is C25H32FN5O2S. The molecule has 1 aromatic carbocycles. The molecule has 2 heterocycles. The van der Waals surface area contributed by atoms with Crippen molar-refractivity contribution in [2.45, 2.75) is 76.4 Å². The summed E-state index contributed by atoms with van der Waals surface area (Å²) in [5.74, 6) is 5.12. The second-order valence-corrected chi connectivity index (χ2v) is 11.0. The Balaban J connectivity index is 1.34. The van der Waals surface area contributed by atoms with Crippen molar-refractivity contribution >= 4 is 11.8 Å². The van der Waals surface area contributed by atoms with Gasteiger partial charge in [-0.25, -0.2) is 4.39 Å². The number of thioether (sulfide) groups is 1. The van der Waals surface area contributed by atoms with Crippen molar-refractivity contribution < 1.29 is 13.7 Å². The fraction of sp³-hybridized carbons (Fsp3) is 0.600. The predicted molar refractivity (Wildman–Crippen MR) is 127 cm³/mol. The Hall–Kier alpha value is -2.42. The van der Waals surface area contributed by atoms with Gasteiger partial charge in [0.2, 0.25) is 5.89 Å². The highest BCUT2D eigenvalue weighted by molar-refractivity contribution is 7.98. The summed E-state index contributed by atoms with van der Waals surface area (Å²) in [6, 6.07) is 6.70. The molecule has 2 aliphatic rings. The number of rotatable bonds is 10. The summed E-state index contributed by atoms with van der Waals surface area (Å²) in [7, 11) is 0. The Morgan fingerprint density at radius 3 is 2.76 bits per heavy atom. The highest BCUT2D eigenvalue weighted by Gasteiger charge is 2.43. The van der Waals surface area contributed by atoms with E-state index in [2.05, 4.69) is 45.7 Å². The fourth-order valence-electron chi connectivity index (χ4n) is 5.60. The lowest BCUT2D eigenvalue weighted by Crippen LogP contribution is -2.24. The van der Waals surface area contributed by atoms with Crippen LogP contribution in [0.25, 0.3) is 0 Å². The zero-order valence-electron chi connectivity index (χ0n) is 20.0. The average Bonchev–Trinajstić information content (AvgIpc) is 3.61. The molecule has 0 N–H and O–H groups in total. The number of para-hydroxylation sites is 1. The van der Waals surface area contributed by atoms with Crippen molar-refractivity contribution in [3.8, 4) is 5.75 Å². The van der Waals surface area contributed by atoms with E-state index in [4.69, 9.17) is 9.26 Å². The first-order valence-electron chi connectivity index (χ1n) is 12.2. The summed E-state index contributed by atoms with van der Waals surface area (Å²) in [6.45, 7) is 6.69. The van der Waals surface area contributed by atoms with Gasteiger partial charge in [-0.05, 0) is 62.0 Å². The normalized spacial score (nSPS) is 22.6. The molecule has 34 heavy (non-hydrogen) atoms. The fourth-order valence-corrected chi connectivity index (χ4v) is 6.49. The molecule has 0 unspecified atom stereocenters. The molecule has 0 saturated heterocycles. The van der Waals surface area contributed by atoms with E-state index in [-0.39, 0.29) is 24.2 Å². The molecule has 5 rings (SSSR count). The summed E-state index contributed by atoms with van der Waals surface area (Å²) in [5.41, 5.74) is 0. The summed E-state index contributed by atoms with van der Waals surface area (Å²) >= 11 is 1.56. The second kappa shape index (κ2) is 10.1. The van der Waals surface area contributed by atoms with Crippen molar-refractivity contribution in [2.75, 3.05) is 0 Å². The monoisotopic (exact) mass is 485 g/mol. The lowest BCUT2D eigenvalue weighted by molar-refractivity contribution is 0.215. The van der Waals surface area contributed by atoms with Crippen molar-refractivity contribution in [3.05, 3.63) is 47.6 Å². The lowest BCUT2D eigenvalue weighted by Gasteiger charge is -2.30. The van der Waals surface area contributed by atoms with E-state index < -0.39 is 0 Å².